The zero-order valence-electron chi connectivity index (χ0n) is 9.89. The van der Waals surface area contributed by atoms with Crippen LogP contribution >= 0.6 is 0 Å². The summed E-state index contributed by atoms with van der Waals surface area (Å²) in [5.74, 6) is 2.51. The fraction of sp³-hybridized carbons (Fsp3) is 0.750. The van der Waals surface area contributed by atoms with Crippen LogP contribution in [0, 0.1) is 29.2 Å². The predicted octanol–water partition coefficient (Wildman–Crippen LogP) is 2.62. The largest absolute Gasteiger partial charge is 0.293 e. The van der Waals surface area contributed by atoms with E-state index in [1.165, 1.54) is 0 Å². The van der Waals surface area contributed by atoms with E-state index in [0.717, 1.165) is 6.42 Å². The smallest absolute Gasteiger partial charge is 0.180 e. The molecular weight excluding hydrogens is 172 g/mol. The summed E-state index contributed by atoms with van der Waals surface area (Å²) >= 11 is 0. The minimum absolute atomic E-state index is 0.167. The highest BCUT2D eigenvalue weighted by Gasteiger charge is 2.30. The summed E-state index contributed by atoms with van der Waals surface area (Å²) in [5, 5.41) is 8.97. The van der Waals surface area contributed by atoms with Gasteiger partial charge in [-0.3, -0.25) is 4.90 Å². The summed E-state index contributed by atoms with van der Waals surface area (Å²) in [5.41, 5.74) is 0.0343. The molecule has 0 saturated heterocycles. The zero-order chi connectivity index (χ0) is 11.4. The van der Waals surface area contributed by atoms with Crippen LogP contribution in [-0.2, 0) is 0 Å². The van der Waals surface area contributed by atoms with Crippen molar-refractivity contribution in [2.24, 2.45) is 5.41 Å². The third kappa shape index (κ3) is 4.19. The first-order chi connectivity index (χ1) is 6.23. The SMILES string of the molecule is C#CCN(C#N)C(C)(C)CC(C)(C)C. The Bertz CT molecular complexity index is 258. The molecule has 0 N–H and O–H groups in total. The Kier molecular flexibility index (Phi) is 4.02. The lowest BCUT2D eigenvalue weighted by Gasteiger charge is -2.38. The molecule has 0 aliphatic rings. The van der Waals surface area contributed by atoms with Crippen LogP contribution in [0.25, 0.3) is 0 Å². The molecule has 2 heteroatoms. The van der Waals surface area contributed by atoms with Crippen molar-refractivity contribution >= 4 is 0 Å². The molecule has 0 aliphatic heterocycles. The van der Waals surface area contributed by atoms with E-state index in [1.807, 2.05) is 0 Å². The van der Waals surface area contributed by atoms with Gasteiger partial charge in [0.05, 0.1) is 6.54 Å². The van der Waals surface area contributed by atoms with E-state index in [0.29, 0.717) is 6.54 Å². The molecule has 0 rings (SSSR count). The van der Waals surface area contributed by atoms with Crippen molar-refractivity contribution in [3.63, 3.8) is 0 Å². The predicted molar refractivity (Wildman–Crippen MR) is 59.3 cm³/mol. The van der Waals surface area contributed by atoms with E-state index in [1.54, 1.807) is 4.90 Å². The molecule has 14 heavy (non-hydrogen) atoms. The second kappa shape index (κ2) is 4.38. The molecule has 0 radical (unpaired) electrons. The fourth-order valence-electron chi connectivity index (χ4n) is 1.87. The van der Waals surface area contributed by atoms with E-state index < -0.39 is 0 Å². The Balaban J connectivity index is 4.60. The number of hydrogen-bond acceptors (Lipinski definition) is 2. The quantitative estimate of drug-likeness (QED) is 0.390. The molecule has 0 fully saturated rings. The van der Waals surface area contributed by atoms with Crippen LogP contribution in [-0.4, -0.2) is 17.0 Å². The molecule has 0 bridgehead atoms. The van der Waals surface area contributed by atoms with Gasteiger partial charge in [-0.05, 0) is 25.7 Å². The molecule has 78 valence electrons. The van der Waals surface area contributed by atoms with E-state index in [-0.39, 0.29) is 11.0 Å². The van der Waals surface area contributed by atoms with Gasteiger partial charge in [0.2, 0.25) is 0 Å². The van der Waals surface area contributed by atoms with Gasteiger partial charge >= 0.3 is 0 Å². The summed E-state index contributed by atoms with van der Waals surface area (Å²) < 4.78 is 0. The third-order valence-corrected chi connectivity index (χ3v) is 2.06. The Morgan fingerprint density at radius 1 is 1.21 bits per heavy atom. The van der Waals surface area contributed by atoms with Crippen LogP contribution in [0.5, 0.6) is 0 Å². The summed E-state index contributed by atoms with van der Waals surface area (Å²) in [6.07, 6.45) is 8.32. The Labute approximate surface area is 87.9 Å². The van der Waals surface area contributed by atoms with Crippen molar-refractivity contribution in [3.8, 4) is 18.5 Å². The molecule has 0 saturated carbocycles. The first kappa shape index (κ1) is 12.8. The fourth-order valence-corrected chi connectivity index (χ4v) is 1.87. The van der Waals surface area contributed by atoms with Gasteiger partial charge in [0.15, 0.2) is 6.19 Å². The van der Waals surface area contributed by atoms with Crippen molar-refractivity contribution in [1.82, 2.24) is 4.90 Å². The van der Waals surface area contributed by atoms with Crippen molar-refractivity contribution in [2.45, 2.75) is 46.6 Å². The highest BCUT2D eigenvalue weighted by molar-refractivity contribution is 5.00. The average molecular weight is 192 g/mol. The van der Waals surface area contributed by atoms with Crippen molar-refractivity contribution in [3.05, 3.63) is 0 Å². The minimum Gasteiger partial charge on any atom is -0.293 e. The molecule has 0 heterocycles. The number of nitrogens with zero attached hydrogens (tertiary/aromatic N) is 2. The maximum Gasteiger partial charge on any atom is 0.180 e. The van der Waals surface area contributed by atoms with Gasteiger partial charge in [-0.25, -0.2) is 0 Å². The average Bonchev–Trinajstić information content (AvgIpc) is 1.94. The normalized spacial score (nSPS) is 11.6. The second-order valence-electron chi connectivity index (χ2n) is 5.44. The molecule has 0 aromatic heterocycles. The first-order valence-electron chi connectivity index (χ1n) is 4.84. The Hall–Kier alpha value is -1.15. The second-order valence-corrected chi connectivity index (χ2v) is 5.44. The van der Waals surface area contributed by atoms with Crippen LogP contribution in [0.3, 0.4) is 0 Å². The summed E-state index contributed by atoms with van der Waals surface area (Å²) in [6.45, 7) is 11.0. The standard InChI is InChI=1S/C12H20N2/c1-7-8-14(10-13)12(5,6)9-11(2,3)4/h1H,8-9H2,2-6H3. The van der Waals surface area contributed by atoms with E-state index in [4.69, 9.17) is 11.7 Å². The minimum atomic E-state index is -0.167. The lowest BCUT2D eigenvalue weighted by molar-refractivity contribution is 0.145. The third-order valence-electron chi connectivity index (χ3n) is 2.06. The molecule has 0 unspecified atom stereocenters. The Morgan fingerprint density at radius 2 is 1.71 bits per heavy atom. The van der Waals surface area contributed by atoms with Crippen LogP contribution in [0.2, 0.25) is 0 Å². The molecule has 0 aromatic rings. The highest BCUT2D eigenvalue weighted by atomic mass is 15.2. The topological polar surface area (TPSA) is 27.0 Å². The lowest BCUT2D eigenvalue weighted by Crippen LogP contribution is -2.43. The van der Waals surface area contributed by atoms with E-state index in [9.17, 15) is 0 Å². The van der Waals surface area contributed by atoms with E-state index in [2.05, 4.69) is 46.7 Å². The van der Waals surface area contributed by atoms with E-state index >= 15 is 0 Å². The van der Waals surface area contributed by atoms with Gasteiger partial charge in [0, 0.05) is 5.54 Å². The van der Waals surface area contributed by atoms with Crippen LogP contribution in [0.4, 0.5) is 0 Å². The Morgan fingerprint density at radius 3 is 2.00 bits per heavy atom. The zero-order valence-corrected chi connectivity index (χ0v) is 9.89. The summed E-state index contributed by atoms with van der Waals surface area (Å²) in [6, 6.07) is 0. The highest BCUT2D eigenvalue weighted by Crippen LogP contribution is 2.30. The van der Waals surface area contributed by atoms with Gasteiger partial charge < -0.3 is 0 Å². The maximum atomic E-state index is 8.97. The number of hydrogen-bond donors (Lipinski definition) is 0. The summed E-state index contributed by atoms with van der Waals surface area (Å²) in [7, 11) is 0. The molecule has 0 atom stereocenters. The van der Waals surface area contributed by atoms with Crippen molar-refractivity contribution in [1.29, 1.82) is 5.26 Å². The van der Waals surface area contributed by atoms with Crippen LogP contribution in [0.15, 0.2) is 0 Å². The monoisotopic (exact) mass is 192 g/mol. The first-order valence-corrected chi connectivity index (χ1v) is 4.84. The van der Waals surface area contributed by atoms with Crippen LogP contribution < -0.4 is 0 Å². The molecule has 2 nitrogen and oxygen atoms in total. The molecule has 0 aliphatic carbocycles. The van der Waals surface area contributed by atoms with Gasteiger partial charge in [0.1, 0.15) is 0 Å². The van der Waals surface area contributed by atoms with Crippen LogP contribution in [0.1, 0.15) is 41.0 Å². The van der Waals surface area contributed by atoms with Gasteiger partial charge in [0.25, 0.3) is 0 Å². The van der Waals surface area contributed by atoms with Gasteiger partial charge in [-0.1, -0.05) is 26.7 Å². The number of rotatable bonds is 3. The number of nitriles is 1. The molecule has 0 spiro atoms. The molecule has 0 amide bonds. The molecular formula is C12H20N2. The van der Waals surface area contributed by atoms with Gasteiger partial charge in [-0.2, -0.15) is 5.26 Å². The molecule has 0 aromatic carbocycles. The number of terminal acetylenes is 1. The maximum absolute atomic E-state index is 8.97. The summed E-state index contributed by atoms with van der Waals surface area (Å²) in [4.78, 5) is 1.66. The van der Waals surface area contributed by atoms with Crippen molar-refractivity contribution in [2.75, 3.05) is 6.54 Å². The lowest BCUT2D eigenvalue weighted by atomic mass is 9.81. The van der Waals surface area contributed by atoms with Gasteiger partial charge in [-0.15, -0.1) is 6.42 Å². The van der Waals surface area contributed by atoms with Crippen molar-refractivity contribution < 1.29 is 0 Å².